The third kappa shape index (κ3) is 3.69. The zero-order valence-electron chi connectivity index (χ0n) is 13.9. The summed E-state index contributed by atoms with van der Waals surface area (Å²) < 4.78 is 40.3. The van der Waals surface area contributed by atoms with Crippen molar-refractivity contribution in [1.82, 2.24) is 15.2 Å². The summed E-state index contributed by atoms with van der Waals surface area (Å²) in [6.07, 6.45) is -1.60. The Labute approximate surface area is 149 Å². The van der Waals surface area contributed by atoms with Crippen LogP contribution >= 0.6 is 11.6 Å². The first-order valence-electron chi connectivity index (χ1n) is 8.17. The van der Waals surface area contributed by atoms with Crippen LogP contribution in [0.5, 0.6) is 0 Å². The molecule has 1 aromatic heterocycles. The smallest absolute Gasteiger partial charge is 0.356 e. The molecule has 1 amide bonds. The average molecular weight is 377 g/mol. The summed E-state index contributed by atoms with van der Waals surface area (Å²) in [6, 6.07) is 0.924. The van der Waals surface area contributed by atoms with Gasteiger partial charge in [-0.3, -0.25) is 9.69 Å². The van der Waals surface area contributed by atoms with Gasteiger partial charge in [0.05, 0.1) is 10.6 Å². The van der Waals surface area contributed by atoms with Crippen molar-refractivity contribution in [2.24, 2.45) is 0 Å². The van der Waals surface area contributed by atoms with E-state index in [1.165, 1.54) is 6.20 Å². The number of piperazine rings is 1. The van der Waals surface area contributed by atoms with Crippen LogP contribution in [-0.4, -0.2) is 54.6 Å². The Hall–Kier alpha value is -1.54. The summed E-state index contributed by atoms with van der Waals surface area (Å²) in [5, 5.41) is 2.80. The molecule has 1 N–H and O–H groups in total. The number of amides is 1. The maximum Gasteiger partial charge on any atom is 0.420 e. The minimum atomic E-state index is -4.52. The Balaban J connectivity index is 1.93. The highest BCUT2D eigenvalue weighted by Crippen LogP contribution is 2.39. The number of rotatable bonds is 1. The van der Waals surface area contributed by atoms with Crippen LogP contribution in [0.4, 0.5) is 19.0 Å². The molecule has 2 aliphatic heterocycles. The molecule has 1 atom stereocenters. The molecule has 2 saturated heterocycles. The number of hydrogen-bond acceptors (Lipinski definition) is 4. The molecule has 3 heterocycles. The molecule has 0 aromatic carbocycles. The lowest BCUT2D eigenvalue weighted by molar-refractivity contribution is -0.137. The lowest BCUT2D eigenvalue weighted by atomic mass is 9.86. The highest BCUT2D eigenvalue weighted by molar-refractivity contribution is 6.30. The van der Waals surface area contributed by atoms with Gasteiger partial charge in [0, 0.05) is 44.3 Å². The van der Waals surface area contributed by atoms with E-state index in [1.54, 1.807) is 4.90 Å². The summed E-state index contributed by atoms with van der Waals surface area (Å²) in [4.78, 5) is 19.5. The second-order valence-corrected chi connectivity index (χ2v) is 7.13. The summed E-state index contributed by atoms with van der Waals surface area (Å²) in [6.45, 7) is 1.97. The Kier molecular flexibility index (Phi) is 4.85. The van der Waals surface area contributed by atoms with E-state index < -0.39 is 11.7 Å². The van der Waals surface area contributed by atoms with Gasteiger partial charge in [-0.1, -0.05) is 11.6 Å². The van der Waals surface area contributed by atoms with Gasteiger partial charge in [0.25, 0.3) is 0 Å². The van der Waals surface area contributed by atoms with E-state index in [2.05, 4.69) is 15.2 Å². The van der Waals surface area contributed by atoms with Crippen LogP contribution in [0.25, 0.3) is 0 Å². The molecular formula is C16H20ClF3N4O. The molecule has 1 spiro atoms. The average Bonchev–Trinajstić information content (AvgIpc) is 2.72. The number of anilines is 1. The number of carbonyl (C=O) groups excluding carboxylic acids is 1. The molecule has 2 fully saturated rings. The number of halogens is 4. The largest absolute Gasteiger partial charge is 0.420 e. The van der Waals surface area contributed by atoms with Gasteiger partial charge in [-0.2, -0.15) is 13.2 Å². The molecule has 1 aromatic rings. The van der Waals surface area contributed by atoms with E-state index in [1.807, 2.05) is 7.05 Å². The van der Waals surface area contributed by atoms with Gasteiger partial charge in [0.15, 0.2) is 0 Å². The van der Waals surface area contributed by atoms with Crippen molar-refractivity contribution >= 4 is 23.3 Å². The molecule has 0 aliphatic carbocycles. The molecule has 2 aliphatic rings. The molecule has 0 radical (unpaired) electrons. The van der Waals surface area contributed by atoms with Gasteiger partial charge < -0.3 is 10.2 Å². The van der Waals surface area contributed by atoms with Crippen LogP contribution in [-0.2, 0) is 11.0 Å². The second-order valence-electron chi connectivity index (χ2n) is 6.69. The predicted octanol–water partition coefficient (Wildman–Crippen LogP) is 2.54. The van der Waals surface area contributed by atoms with Crippen molar-refractivity contribution in [3.8, 4) is 0 Å². The lowest BCUT2D eigenvalue weighted by Crippen LogP contribution is -2.61. The number of likely N-dealkylation sites (N-methyl/N-ethyl adjacent to an activating group) is 1. The quantitative estimate of drug-likeness (QED) is 0.818. The molecule has 3 rings (SSSR count). The normalized spacial score (nSPS) is 25.8. The fraction of sp³-hybridized carbons (Fsp3) is 0.625. The first-order chi connectivity index (χ1) is 11.7. The number of hydrogen-bond donors (Lipinski definition) is 1. The minimum Gasteiger partial charge on any atom is -0.356 e. The molecular weight excluding hydrogens is 357 g/mol. The van der Waals surface area contributed by atoms with E-state index in [9.17, 15) is 18.0 Å². The van der Waals surface area contributed by atoms with E-state index in [4.69, 9.17) is 11.6 Å². The van der Waals surface area contributed by atoms with Crippen molar-refractivity contribution in [2.45, 2.75) is 31.0 Å². The van der Waals surface area contributed by atoms with Gasteiger partial charge in [-0.15, -0.1) is 0 Å². The Morgan fingerprint density at radius 1 is 1.32 bits per heavy atom. The number of nitrogens with one attached hydrogen (secondary N) is 1. The van der Waals surface area contributed by atoms with E-state index in [0.29, 0.717) is 45.4 Å². The molecule has 5 nitrogen and oxygen atoms in total. The van der Waals surface area contributed by atoms with Gasteiger partial charge in [0.1, 0.15) is 5.82 Å². The third-order valence-corrected chi connectivity index (χ3v) is 5.38. The van der Waals surface area contributed by atoms with E-state index >= 15 is 0 Å². The molecule has 138 valence electrons. The zero-order chi connectivity index (χ0) is 18.2. The number of pyridine rings is 1. The van der Waals surface area contributed by atoms with E-state index in [-0.39, 0.29) is 22.3 Å². The number of aromatic nitrogens is 1. The van der Waals surface area contributed by atoms with Gasteiger partial charge in [-0.25, -0.2) is 4.98 Å². The number of alkyl halides is 3. The molecule has 25 heavy (non-hydrogen) atoms. The van der Waals surface area contributed by atoms with Crippen LogP contribution in [0.15, 0.2) is 12.3 Å². The van der Waals surface area contributed by atoms with Gasteiger partial charge in [0.2, 0.25) is 5.91 Å². The standard InChI is InChI=1S/C16H20ClF3N4O/c1-23-6-7-24(10-15(23)3-2-13(25)21-5-4-15)14-12(16(18,19)20)8-11(17)9-22-14/h8-9H,2-7,10H2,1H3,(H,21,25)/t15-/m1/s1. The van der Waals surface area contributed by atoms with Crippen molar-refractivity contribution in [3.63, 3.8) is 0 Å². The van der Waals surface area contributed by atoms with Gasteiger partial charge >= 0.3 is 6.18 Å². The highest BCUT2D eigenvalue weighted by atomic mass is 35.5. The molecule has 0 bridgehead atoms. The lowest BCUT2D eigenvalue weighted by Gasteiger charge is -2.49. The SMILES string of the molecule is CN1CCN(c2ncc(Cl)cc2C(F)(F)F)C[C@@]12CCNC(=O)CC2. The van der Waals surface area contributed by atoms with Crippen LogP contribution in [0.2, 0.25) is 5.02 Å². The van der Waals surface area contributed by atoms with Crippen molar-refractivity contribution in [1.29, 1.82) is 0 Å². The Bertz CT molecular complexity index is 669. The fourth-order valence-electron chi connectivity index (χ4n) is 3.67. The summed E-state index contributed by atoms with van der Waals surface area (Å²) >= 11 is 5.73. The first-order valence-corrected chi connectivity index (χ1v) is 8.55. The predicted molar refractivity (Wildman–Crippen MR) is 88.7 cm³/mol. The molecule has 9 heteroatoms. The van der Waals surface area contributed by atoms with Crippen LogP contribution < -0.4 is 10.2 Å². The fourth-order valence-corrected chi connectivity index (χ4v) is 3.83. The van der Waals surface area contributed by atoms with Crippen LogP contribution in [0.1, 0.15) is 24.8 Å². The number of carbonyl (C=O) groups is 1. The van der Waals surface area contributed by atoms with E-state index in [0.717, 1.165) is 6.07 Å². The maximum atomic E-state index is 13.4. The first kappa shape index (κ1) is 18.3. The highest BCUT2D eigenvalue weighted by Gasteiger charge is 2.43. The summed E-state index contributed by atoms with van der Waals surface area (Å²) in [7, 11) is 1.97. The number of nitrogens with zero attached hydrogens (tertiary/aromatic N) is 3. The van der Waals surface area contributed by atoms with Crippen molar-refractivity contribution in [2.75, 3.05) is 38.1 Å². The van der Waals surface area contributed by atoms with Crippen LogP contribution in [0, 0.1) is 0 Å². The molecule has 0 saturated carbocycles. The molecule has 0 unspecified atom stereocenters. The maximum absolute atomic E-state index is 13.4. The zero-order valence-corrected chi connectivity index (χ0v) is 14.6. The van der Waals surface area contributed by atoms with Crippen molar-refractivity contribution < 1.29 is 18.0 Å². The summed E-state index contributed by atoms with van der Waals surface area (Å²) in [5.41, 5.74) is -1.16. The topological polar surface area (TPSA) is 48.5 Å². The van der Waals surface area contributed by atoms with Crippen molar-refractivity contribution in [3.05, 3.63) is 22.8 Å². The Morgan fingerprint density at radius 3 is 2.80 bits per heavy atom. The second kappa shape index (κ2) is 6.64. The third-order valence-electron chi connectivity index (χ3n) is 5.17. The minimum absolute atomic E-state index is 0.0111. The Morgan fingerprint density at radius 2 is 2.08 bits per heavy atom. The monoisotopic (exact) mass is 376 g/mol. The summed E-state index contributed by atoms with van der Waals surface area (Å²) in [5.74, 6) is -0.101. The van der Waals surface area contributed by atoms with Gasteiger partial charge in [-0.05, 0) is 26.0 Å². The van der Waals surface area contributed by atoms with Crippen LogP contribution in [0.3, 0.4) is 0 Å².